The Morgan fingerprint density at radius 2 is 2.06 bits per heavy atom. The summed E-state index contributed by atoms with van der Waals surface area (Å²) in [6.07, 6.45) is 0. The molecule has 0 radical (unpaired) electrons. The second kappa shape index (κ2) is 3.89. The van der Waals surface area contributed by atoms with Gasteiger partial charge in [-0.2, -0.15) is 5.10 Å². The van der Waals surface area contributed by atoms with Gasteiger partial charge in [0.1, 0.15) is 0 Å². The Kier molecular flexibility index (Phi) is 2.36. The fraction of sp³-hybridized carbons (Fsp3) is 0.0909. The molecule has 0 unspecified atom stereocenters. The number of H-pyrrole nitrogens is 1. The van der Waals surface area contributed by atoms with Gasteiger partial charge in [-0.1, -0.05) is 0 Å². The van der Waals surface area contributed by atoms with E-state index >= 15 is 0 Å². The predicted molar refractivity (Wildman–Crippen MR) is 64.1 cm³/mol. The Balaban J connectivity index is 2.09. The second-order valence-electron chi connectivity index (χ2n) is 3.50. The van der Waals surface area contributed by atoms with Gasteiger partial charge in [-0.05, 0) is 40.2 Å². The van der Waals surface area contributed by atoms with Crippen molar-refractivity contribution >= 4 is 15.9 Å². The molecule has 6 heteroatoms. The molecule has 0 fully saturated rings. The maximum Gasteiger partial charge on any atom is 0.278 e. The molecule has 2 heterocycles. The summed E-state index contributed by atoms with van der Waals surface area (Å²) in [6, 6.07) is 7.17. The lowest BCUT2D eigenvalue weighted by Crippen LogP contribution is -2.08. The van der Waals surface area contributed by atoms with E-state index in [1.54, 1.807) is 6.07 Å². The van der Waals surface area contributed by atoms with E-state index in [-0.39, 0.29) is 12.4 Å². The van der Waals surface area contributed by atoms with E-state index in [9.17, 15) is 4.79 Å². The molecule has 0 saturated heterocycles. The molecule has 0 saturated carbocycles. The molecule has 0 atom stereocenters. The summed E-state index contributed by atoms with van der Waals surface area (Å²) in [6.45, 7) is 0.238. The van der Waals surface area contributed by atoms with Crippen molar-refractivity contribution in [3.05, 3.63) is 39.1 Å². The average molecular weight is 295 g/mol. The van der Waals surface area contributed by atoms with Crippen molar-refractivity contribution in [3.8, 4) is 22.8 Å². The third-order valence-electron chi connectivity index (χ3n) is 2.43. The number of hydrogen-bond acceptors (Lipinski definition) is 4. The minimum atomic E-state index is -0.255. The van der Waals surface area contributed by atoms with Gasteiger partial charge in [0.15, 0.2) is 11.5 Å². The highest BCUT2D eigenvalue weighted by Gasteiger charge is 2.14. The summed E-state index contributed by atoms with van der Waals surface area (Å²) in [5.74, 6) is 1.41. The van der Waals surface area contributed by atoms with Crippen LogP contribution in [0.1, 0.15) is 0 Å². The van der Waals surface area contributed by atoms with Gasteiger partial charge in [0.25, 0.3) is 5.56 Å². The molecular formula is C11H7BrN2O3. The van der Waals surface area contributed by atoms with Gasteiger partial charge >= 0.3 is 0 Å². The topological polar surface area (TPSA) is 64.2 Å². The van der Waals surface area contributed by atoms with Crippen molar-refractivity contribution in [2.45, 2.75) is 0 Å². The number of benzene rings is 1. The van der Waals surface area contributed by atoms with Crippen LogP contribution < -0.4 is 15.0 Å². The molecule has 5 nitrogen and oxygen atoms in total. The highest BCUT2D eigenvalue weighted by molar-refractivity contribution is 9.10. The fourth-order valence-electron chi connectivity index (χ4n) is 1.59. The van der Waals surface area contributed by atoms with Gasteiger partial charge < -0.3 is 9.47 Å². The Hall–Kier alpha value is -1.82. The van der Waals surface area contributed by atoms with Crippen LogP contribution in [0.3, 0.4) is 0 Å². The summed E-state index contributed by atoms with van der Waals surface area (Å²) >= 11 is 3.17. The fourth-order valence-corrected chi connectivity index (χ4v) is 1.89. The van der Waals surface area contributed by atoms with E-state index in [2.05, 4.69) is 26.1 Å². The third-order valence-corrected chi connectivity index (χ3v) is 3.02. The Bertz CT molecular complexity index is 639. The van der Waals surface area contributed by atoms with E-state index in [0.29, 0.717) is 15.9 Å². The summed E-state index contributed by atoms with van der Waals surface area (Å²) in [4.78, 5) is 11.2. The van der Waals surface area contributed by atoms with Gasteiger partial charge in [0.05, 0.1) is 10.2 Å². The van der Waals surface area contributed by atoms with E-state index < -0.39 is 0 Å². The van der Waals surface area contributed by atoms with Crippen LogP contribution in [0.25, 0.3) is 11.3 Å². The molecule has 1 aromatic carbocycles. The Labute approximate surface area is 105 Å². The number of fused-ring (bicyclic) bond motifs is 1. The molecule has 0 bridgehead atoms. The molecule has 1 N–H and O–H groups in total. The van der Waals surface area contributed by atoms with Crippen LogP contribution in [-0.2, 0) is 0 Å². The van der Waals surface area contributed by atoms with Crippen molar-refractivity contribution in [2.75, 3.05) is 6.79 Å². The number of hydrogen-bond donors (Lipinski definition) is 1. The van der Waals surface area contributed by atoms with Crippen molar-refractivity contribution in [3.63, 3.8) is 0 Å². The standard InChI is InChI=1S/C11H7BrN2O3/c12-7-4-8(13-14-11(7)15)6-1-2-9-10(3-6)17-5-16-9/h1-4H,5H2,(H,14,15). The van der Waals surface area contributed by atoms with Crippen LogP contribution in [0.4, 0.5) is 0 Å². The number of nitrogens with zero attached hydrogens (tertiary/aromatic N) is 1. The van der Waals surface area contributed by atoms with E-state index in [0.717, 1.165) is 11.3 Å². The summed E-state index contributed by atoms with van der Waals surface area (Å²) in [5, 5.41) is 6.38. The maximum absolute atomic E-state index is 11.2. The Morgan fingerprint density at radius 3 is 2.88 bits per heavy atom. The smallest absolute Gasteiger partial charge is 0.278 e. The number of aromatic nitrogens is 2. The van der Waals surface area contributed by atoms with Gasteiger partial charge in [-0.3, -0.25) is 4.79 Å². The first kappa shape index (κ1) is 10.3. The summed E-state index contributed by atoms with van der Waals surface area (Å²) in [7, 11) is 0. The zero-order valence-corrected chi connectivity index (χ0v) is 10.2. The number of halogens is 1. The number of aromatic amines is 1. The molecule has 3 rings (SSSR count). The third kappa shape index (κ3) is 1.80. The molecule has 0 amide bonds. The van der Waals surface area contributed by atoms with Crippen LogP contribution in [0.5, 0.6) is 11.5 Å². The van der Waals surface area contributed by atoms with Crippen molar-refractivity contribution in [1.29, 1.82) is 0 Å². The zero-order chi connectivity index (χ0) is 11.8. The largest absolute Gasteiger partial charge is 0.454 e. The lowest BCUT2D eigenvalue weighted by molar-refractivity contribution is 0.174. The average Bonchev–Trinajstić information content (AvgIpc) is 2.79. The van der Waals surface area contributed by atoms with Crippen LogP contribution in [0, 0.1) is 0 Å². The number of ether oxygens (including phenoxy) is 2. The van der Waals surface area contributed by atoms with Crippen LogP contribution >= 0.6 is 15.9 Å². The van der Waals surface area contributed by atoms with Gasteiger partial charge in [-0.15, -0.1) is 0 Å². The summed E-state index contributed by atoms with van der Waals surface area (Å²) in [5.41, 5.74) is 1.26. The molecule has 0 aliphatic carbocycles. The Morgan fingerprint density at radius 1 is 1.24 bits per heavy atom. The number of rotatable bonds is 1. The number of nitrogens with one attached hydrogen (secondary N) is 1. The molecule has 1 aromatic heterocycles. The molecular weight excluding hydrogens is 288 g/mol. The van der Waals surface area contributed by atoms with Crippen molar-refractivity contribution < 1.29 is 9.47 Å². The van der Waals surface area contributed by atoms with E-state index in [4.69, 9.17) is 9.47 Å². The highest BCUT2D eigenvalue weighted by atomic mass is 79.9. The van der Waals surface area contributed by atoms with Crippen LogP contribution in [0.15, 0.2) is 33.5 Å². The van der Waals surface area contributed by atoms with Gasteiger partial charge in [0, 0.05) is 5.56 Å². The first-order valence-electron chi connectivity index (χ1n) is 4.89. The van der Waals surface area contributed by atoms with E-state index in [1.807, 2.05) is 18.2 Å². The highest BCUT2D eigenvalue weighted by Crippen LogP contribution is 2.35. The van der Waals surface area contributed by atoms with Gasteiger partial charge in [0.2, 0.25) is 6.79 Å². The summed E-state index contributed by atoms with van der Waals surface area (Å²) < 4.78 is 10.9. The maximum atomic E-state index is 11.2. The first-order chi connectivity index (χ1) is 8.24. The molecule has 0 spiro atoms. The first-order valence-corrected chi connectivity index (χ1v) is 5.68. The quantitative estimate of drug-likeness (QED) is 0.873. The van der Waals surface area contributed by atoms with Gasteiger partial charge in [-0.25, -0.2) is 5.10 Å². The van der Waals surface area contributed by atoms with Crippen molar-refractivity contribution in [2.24, 2.45) is 0 Å². The lowest BCUT2D eigenvalue weighted by Gasteiger charge is -2.02. The lowest BCUT2D eigenvalue weighted by atomic mass is 10.1. The second-order valence-corrected chi connectivity index (χ2v) is 4.35. The molecule has 1 aliphatic heterocycles. The SMILES string of the molecule is O=c1[nH]nc(-c2ccc3c(c2)OCO3)cc1Br. The normalized spacial score (nSPS) is 12.8. The van der Waals surface area contributed by atoms with Crippen LogP contribution in [-0.4, -0.2) is 17.0 Å². The monoisotopic (exact) mass is 294 g/mol. The van der Waals surface area contributed by atoms with Crippen LogP contribution in [0.2, 0.25) is 0 Å². The molecule has 86 valence electrons. The predicted octanol–water partition coefficient (Wildman–Crippen LogP) is 1.93. The van der Waals surface area contributed by atoms with E-state index in [1.165, 1.54) is 0 Å². The minimum Gasteiger partial charge on any atom is -0.454 e. The molecule has 2 aromatic rings. The zero-order valence-electron chi connectivity index (χ0n) is 8.57. The molecule has 1 aliphatic rings. The van der Waals surface area contributed by atoms with Crippen molar-refractivity contribution in [1.82, 2.24) is 10.2 Å². The molecule has 17 heavy (non-hydrogen) atoms. The minimum absolute atomic E-state index is 0.238.